The molecule has 1 saturated carbocycles. The van der Waals surface area contributed by atoms with E-state index in [-0.39, 0.29) is 35.3 Å². The average molecular weight is 327 g/mol. The van der Waals surface area contributed by atoms with Crippen LogP contribution in [-0.4, -0.2) is 45.0 Å². The number of nitrogens with one attached hydrogen (secondary N) is 1. The fraction of sp³-hybridized carbons (Fsp3) is 0.562. The number of para-hydroxylation sites is 1. The molecule has 0 aromatic heterocycles. The number of amides is 1. The summed E-state index contributed by atoms with van der Waals surface area (Å²) in [5, 5.41) is 2.93. The Morgan fingerprint density at radius 1 is 1.43 bits per heavy atom. The Hall–Kier alpha value is -1.73. The number of benzene rings is 1. The number of carbonyl (C=O) groups excluding carboxylic acids is 1. The summed E-state index contributed by atoms with van der Waals surface area (Å²) in [5.41, 5.74) is 0.103. The van der Waals surface area contributed by atoms with Crippen molar-refractivity contribution in [3.05, 3.63) is 29.8 Å². The molecule has 1 aliphatic heterocycles. The Morgan fingerprint density at radius 3 is 2.96 bits per heavy atom. The van der Waals surface area contributed by atoms with Gasteiger partial charge in [0.05, 0.1) is 18.3 Å². The molecule has 1 N–H and O–H groups in total. The minimum atomic E-state index is -2.97. The van der Waals surface area contributed by atoms with Gasteiger partial charge in [0.15, 0.2) is 0 Å². The molecule has 1 aromatic rings. The summed E-state index contributed by atoms with van der Waals surface area (Å²) in [6, 6.07) is 5.92. The molecule has 7 heteroatoms. The number of rotatable bonds is 6. The van der Waals surface area contributed by atoms with E-state index in [1.165, 1.54) is 12.1 Å². The predicted molar refractivity (Wildman–Crippen MR) is 77.5 cm³/mol. The number of halogens is 2. The molecular formula is C16H19F2NO4. The third-order valence-corrected chi connectivity index (χ3v) is 4.53. The zero-order valence-corrected chi connectivity index (χ0v) is 12.7. The summed E-state index contributed by atoms with van der Waals surface area (Å²) in [6.07, 6.45) is 0.984. The summed E-state index contributed by atoms with van der Waals surface area (Å²) < 4.78 is 40.2. The highest BCUT2D eigenvalue weighted by Gasteiger charge is 2.54. The highest BCUT2D eigenvalue weighted by Crippen LogP contribution is 2.44. The average Bonchev–Trinajstić information content (AvgIpc) is 2.94. The lowest BCUT2D eigenvalue weighted by Gasteiger charge is -2.47. The Kier molecular flexibility index (Phi) is 4.77. The first-order valence-electron chi connectivity index (χ1n) is 7.57. The smallest absolute Gasteiger partial charge is 0.387 e. The van der Waals surface area contributed by atoms with Crippen LogP contribution in [0.4, 0.5) is 8.78 Å². The van der Waals surface area contributed by atoms with Crippen molar-refractivity contribution >= 4 is 5.91 Å². The summed E-state index contributed by atoms with van der Waals surface area (Å²) in [7, 11) is 1.60. The highest BCUT2D eigenvalue weighted by molar-refractivity contribution is 5.97. The zero-order valence-electron chi connectivity index (χ0n) is 12.7. The minimum Gasteiger partial charge on any atom is -0.434 e. The maximum Gasteiger partial charge on any atom is 0.387 e. The van der Waals surface area contributed by atoms with E-state index in [1.54, 1.807) is 19.2 Å². The van der Waals surface area contributed by atoms with Crippen LogP contribution in [0.25, 0.3) is 0 Å². The topological polar surface area (TPSA) is 56.8 Å². The number of alkyl halides is 2. The molecule has 4 unspecified atom stereocenters. The van der Waals surface area contributed by atoms with Crippen LogP contribution in [-0.2, 0) is 9.47 Å². The maximum atomic E-state index is 12.5. The second-order valence-corrected chi connectivity index (χ2v) is 5.78. The normalized spacial score (nSPS) is 29.0. The molecule has 1 aromatic carbocycles. The molecule has 23 heavy (non-hydrogen) atoms. The van der Waals surface area contributed by atoms with Crippen LogP contribution in [0.1, 0.15) is 16.8 Å². The van der Waals surface area contributed by atoms with E-state index < -0.39 is 12.5 Å². The molecule has 0 radical (unpaired) electrons. The van der Waals surface area contributed by atoms with Gasteiger partial charge in [-0.05, 0) is 18.6 Å². The third kappa shape index (κ3) is 3.16. The van der Waals surface area contributed by atoms with E-state index in [2.05, 4.69) is 10.1 Å². The minimum absolute atomic E-state index is 0.0745. The molecule has 1 amide bonds. The first kappa shape index (κ1) is 16.1. The summed E-state index contributed by atoms with van der Waals surface area (Å²) in [4.78, 5) is 12.5. The highest BCUT2D eigenvalue weighted by atomic mass is 19.3. The van der Waals surface area contributed by atoms with Crippen LogP contribution in [0.15, 0.2) is 24.3 Å². The Balaban J connectivity index is 1.71. The molecule has 1 heterocycles. The first-order chi connectivity index (χ1) is 11.1. The molecular weight excluding hydrogens is 308 g/mol. The Bertz CT molecular complexity index is 569. The molecule has 1 aliphatic carbocycles. The largest absolute Gasteiger partial charge is 0.434 e. The van der Waals surface area contributed by atoms with Crippen molar-refractivity contribution in [2.45, 2.75) is 25.2 Å². The van der Waals surface area contributed by atoms with Crippen molar-refractivity contribution in [2.24, 2.45) is 11.8 Å². The van der Waals surface area contributed by atoms with Gasteiger partial charge in [0, 0.05) is 31.6 Å². The zero-order chi connectivity index (χ0) is 16.4. The number of ether oxygens (including phenoxy) is 3. The van der Waals surface area contributed by atoms with Gasteiger partial charge < -0.3 is 19.5 Å². The molecule has 5 nitrogen and oxygen atoms in total. The summed E-state index contributed by atoms with van der Waals surface area (Å²) in [6.45, 7) is -1.81. The summed E-state index contributed by atoms with van der Waals surface area (Å²) in [5.74, 6) is -0.207. The van der Waals surface area contributed by atoms with Gasteiger partial charge in [0.2, 0.25) is 0 Å². The molecule has 3 rings (SSSR count). The van der Waals surface area contributed by atoms with E-state index >= 15 is 0 Å². The van der Waals surface area contributed by atoms with Gasteiger partial charge in [-0.1, -0.05) is 12.1 Å². The number of fused-ring (bicyclic) bond motifs is 1. The molecule has 2 aliphatic rings. The van der Waals surface area contributed by atoms with Crippen LogP contribution >= 0.6 is 0 Å². The van der Waals surface area contributed by atoms with Gasteiger partial charge in [-0.25, -0.2) is 0 Å². The predicted octanol–water partition coefficient (Wildman–Crippen LogP) is 2.07. The van der Waals surface area contributed by atoms with Crippen molar-refractivity contribution in [3.63, 3.8) is 0 Å². The number of methoxy groups -OCH3 is 1. The van der Waals surface area contributed by atoms with Gasteiger partial charge in [0.25, 0.3) is 5.91 Å². The fourth-order valence-electron chi connectivity index (χ4n) is 3.52. The van der Waals surface area contributed by atoms with Crippen LogP contribution in [0.2, 0.25) is 0 Å². The van der Waals surface area contributed by atoms with Crippen molar-refractivity contribution < 1.29 is 27.8 Å². The van der Waals surface area contributed by atoms with Gasteiger partial charge >= 0.3 is 6.61 Å². The lowest BCUT2D eigenvalue weighted by Crippen LogP contribution is -2.62. The summed E-state index contributed by atoms with van der Waals surface area (Å²) >= 11 is 0. The molecule has 2 fully saturated rings. The first-order valence-corrected chi connectivity index (χ1v) is 7.57. The maximum absolute atomic E-state index is 12.5. The second-order valence-electron chi connectivity index (χ2n) is 5.78. The molecule has 0 bridgehead atoms. The van der Waals surface area contributed by atoms with Crippen LogP contribution < -0.4 is 10.1 Å². The van der Waals surface area contributed by atoms with Crippen molar-refractivity contribution in [2.75, 3.05) is 20.3 Å². The number of hydrogen-bond donors (Lipinski definition) is 1. The van der Waals surface area contributed by atoms with Gasteiger partial charge in [-0.15, -0.1) is 0 Å². The number of carbonyl (C=O) groups is 1. The lowest BCUT2D eigenvalue weighted by atomic mass is 9.67. The quantitative estimate of drug-likeness (QED) is 0.869. The fourth-order valence-corrected chi connectivity index (χ4v) is 3.52. The number of hydrogen-bond acceptors (Lipinski definition) is 4. The van der Waals surface area contributed by atoms with Crippen molar-refractivity contribution in [3.8, 4) is 5.75 Å². The Morgan fingerprint density at radius 2 is 2.22 bits per heavy atom. The Labute approximate surface area is 132 Å². The molecule has 126 valence electrons. The molecule has 4 atom stereocenters. The van der Waals surface area contributed by atoms with Gasteiger partial charge in [0.1, 0.15) is 5.75 Å². The van der Waals surface area contributed by atoms with Crippen molar-refractivity contribution in [1.82, 2.24) is 5.32 Å². The van der Waals surface area contributed by atoms with E-state index in [0.29, 0.717) is 13.2 Å². The van der Waals surface area contributed by atoms with Gasteiger partial charge in [-0.2, -0.15) is 8.78 Å². The van der Waals surface area contributed by atoms with E-state index in [1.807, 2.05) is 0 Å². The second kappa shape index (κ2) is 6.80. The molecule has 1 saturated heterocycles. The molecule has 0 spiro atoms. The third-order valence-electron chi connectivity index (χ3n) is 4.53. The van der Waals surface area contributed by atoms with Crippen LogP contribution in [0, 0.1) is 11.8 Å². The van der Waals surface area contributed by atoms with Crippen LogP contribution in [0.5, 0.6) is 5.75 Å². The monoisotopic (exact) mass is 327 g/mol. The van der Waals surface area contributed by atoms with E-state index in [0.717, 1.165) is 6.42 Å². The standard InChI is InChI=1S/C16H19F2NO4/c1-21-8-11-13(10-6-7-22-14(10)11)19-15(20)9-4-2-3-5-12(9)23-16(17)18/h2-5,10-11,13-14,16H,6-8H2,1H3,(H,19,20). The van der Waals surface area contributed by atoms with Gasteiger partial charge in [-0.3, -0.25) is 4.79 Å². The van der Waals surface area contributed by atoms with Crippen molar-refractivity contribution in [1.29, 1.82) is 0 Å². The van der Waals surface area contributed by atoms with E-state index in [9.17, 15) is 13.6 Å². The van der Waals surface area contributed by atoms with Crippen LogP contribution in [0.3, 0.4) is 0 Å². The lowest BCUT2D eigenvalue weighted by molar-refractivity contribution is -0.0810. The van der Waals surface area contributed by atoms with E-state index in [4.69, 9.17) is 9.47 Å². The SMILES string of the molecule is COCC1C(NC(=O)c2ccccc2OC(F)F)C2CCOC21.